The molecule has 32 heavy (non-hydrogen) atoms. The molecule has 1 aliphatic heterocycles. The number of rotatable bonds is 7. The summed E-state index contributed by atoms with van der Waals surface area (Å²) in [4.78, 5) is 32.4. The number of hydrogen-bond acceptors (Lipinski definition) is 6. The summed E-state index contributed by atoms with van der Waals surface area (Å²) >= 11 is 1.44. The molecule has 7 heteroatoms. The number of likely N-dealkylation sites (tertiary alicyclic amines) is 1. The summed E-state index contributed by atoms with van der Waals surface area (Å²) in [5.74, 6) is -0.572. The third-order valence-corrected chi connectivity index (χ3v) is 6.07. The molecule has 6 nitrogen and oxygen atoms in total. The zero-order valence-corrected chi connectivity index (χ0v) is 18.7. The van der Waals surface area contributed by atoms with Crippen molar-refractivity contribution in [2.75, 3.05) is 6.61 Å². The summed E-state index contributed by atoms with van der Waals surface area (Å²) in [7, 11) is 0. The fourth-order valence-electron chi connectivity index (χ4n) is 3.62. The molecule has 1 aliphatic rings. The van der Waals surface area contributed by atoms with Gasteiger partial charge in [-0.15, -0.1) is 11.3 Å². The average molecular weight is 449 g/mol. The molecule has 1 fully saturated rings. The number of amides is 1. The van der Waals surface area contributed by atoms with E-state index in [0.717, 1.165) is 10.4 Å². The molecular weight excluding hydrogens is 424 g/mol. The first-order chi connectivity index (χ1) is 15.5. The van der Waals surface area contributed by atoms with Gasteiger partial charge in [0.15, 0.2) is 0 Å². The van der Waals surface area contributed by atoms with Crippen LogP contribution >= 0.6 is 11.3 Å². The van der Waals surface area contributed by atoms with Crippen LogP contribution in [0.1, 0.15) is 35.9 Å². The zero-order chi connectivity index (χ0) is 22.7. The maximum Gasteiger partial charge on any atom is 0.295 e. The van der Waals surface area contributed by atoms with Crippen LogP contribution in [0.25, 0.3) is 5.76 Å². The molecule has 1 unspecified atom stereocenters. The number of aliphatic hydroxyl groups is 1. The molecule has 1 amide bonds. The summed E-state index contributed by atoms with van der Waals surface area (Å²) in [6, 6.07) is 13.7. The fourth-order valence-corrected chi connectivity index (χ4v) is 4.47. The Morgan fingerprint density at radius 2 is 1.94 bits per heavy atom. The number of benzene rings is 1. The molecule has 0 aliphatic carbocycles. The van der Waals surface area contributed by atoms with Gasteiger partial charge in [0, 0.05) is 29.4 Å². The Bertz CT molecular complexity index is 1140. The topological polar surface area (TPSA) is 79.7 Å². The van der Waals surface area contributed by atoms with Crippen LogP contribution in [-0.4, -0.2) is 33.3 Å². The van der Waals surface area contributed by atoms with Crippen molar-refractivity contribution >= 4 is 28.8 Å². The molecule has 1 saturated heterocycles. The average Bonchev–Trinajstić information content (AvgIpc) is 3.41. The van der Waals surface area contributed by atoms with Crippen molar-refractivity contribution in [2.45, 2.75) is 26.4 Å². The molecule has 0 bridgehead atoms. The maximum absolute atomic E-state index is 13.1. The van der Waals surface area contributed by atoms with Gasteiger partial charge in [-0.1, -0.05) is 32.0 Å². The summed E-state index contributed by atoms with van der Waals surface area (Å²) < 4.78 is 5.77. The second-order valence-electron chi connectivity index (χ2n) is 8.03. The smallest absolute Gasteiger partial charge is 0.295 e. The summed E-state index contributed by atoms with van der Waals surface area (Å²) in [5.41, 5.74) is 1.38. The highest BCUT2D eigenvalue weighted by molar-refractivity contribution is 7.10. The number of nitrogens with zero attached hydrogens (tertiary/aromatic N) is 2. The van der Waals surface area contributed by atoms with E-state index in [2.05, 4.69) is 18.8 Å². The van der Waals surface area contributed by atoms with Gasteiger partial charge < -0.3 is 14.7 Å². The highest BCUT2D eigenvalue weighted by Gasteiger charge is 2.46. The highest BCUT2D eigenvalue weighted by Crippen LogP contribution is 2.42. The number of carbonyl (C=O) groups is 2. The lowest BCUT2D eigenvalue weighted by molar-refractivity contribution is -0.140. The second-order valence-corrected chi connectivity index (χ2v) is 9.01. The Labute approximate surface area is 190 Å². The summed E-state index contributed by atoms with van der Waals surface area (Å²) in [6.45, 7) is 4.88. The number of pyridine rings is 1. The van der Waals surface area contributed by atoms with Gasteiger partial charge in [0.05, 0.1) is 18.2 Å². The predicted molar refractivity (Wildman–Crippen MR) is 123 cm³/mol. The Kier molecular flexibility index (Phi) is 6.37. The SMILES string of the molecule is CC(C)COc1cccc(/C(O)=C2/C(=O)C(=O)N(Cc3ccncc3)C2c2cccs2)c1. The van der Waals surface area contributed by atoms with E-state index in [4.69, 9.17) is 4.74 Å². The van der Waals surface area contributed by atoms with Crippen LogP contribution in [0.3, 0.4) is 0 Å². The minimum Gasteiger partial charge on any atom is -0.507 e. The number of ketones is 1. The van der Waals surface area contributed by atoms with Crippen molar-refractivity contribution < 1.29 is 19.4 Å². The first-order valence-corrected chi connectivity index (χ1v) is 11.3. The standard InChI is InChI=1S/C25H24N2O4S/c1-16(2)15-31-19-6-3-5-18(13-19)23(28)21-22(20-7-4-12-32-20)27(25(30)24(21)29)14-17-8-10-26-11-9-17/h3-13,16,22,28H,14-15H2,1-2H3/b23-21-. The largest absolute Gasteiger partial charge is 0.507 e. The van der Waals surface area contributed by atoms with E-state index in [-0.39, 0.29) is 17.9 Å². The van der Waals surface area contributed by atoms with Crippen molar-refractivity contribution in [3.05, 3.63) is 87.9 Å². The van der Waals surface area contributed by atoms with E-state index in [1.807, 2.05) is 17.5 Å². The molecule has 0 saturated carbocycles. The Morgan fingerprint density at radius 3 is 2.62 bits per heavy atom. The quantitative estimate of drug-likeness (QED) is 0.319. The summed E-state index contributed by atoms with van der Waals surface area (Å²) in [6.07, 6.45) is 3.30. The number of aromatic nitrogens is 1. The molecule has 4 rings (SSSR count). The van der Waals surface area contributed by atoms with Gasteiger partial charge in [-0.2, -0.15) is 0 Å². The number of thiophene rings is 1. The maximum atomic E-state index is 13.1. The van der Waals surface area contributed by atoms with E-state index in [9.17, 15) is 14.7 Å². The number of Topliss-reactive ketones (excluding diaryl/α,β-unsaturated/α-hetero) is 1. The van der Waals surface area contributed by atoms with E-state index in [0.29, 0.717) is 23.8 Å². The van der Waals surface area contributed by atoms with Gasteiger partial charge in [-0.05, 0) is 47.2 Å². The van der Waals surface area contributed by atoms with Gasteiger partial charge in [-0.25, -0.2) is 0 Å². The number of carbonyl (C=O) groups excluding carboxylic acids is 2. The molecule has 1 N–H and O–H groups in total. The van der Waals surface area contributed by atoms with Crippen LogP contribution in [0.15, 0.2) is 71.9 Å². The number of aliphatic hydroxyl groups excluding tert-OH is 1. The van der Waals surface area contributed by atoms with E-state index in [1.165, 1.54) is 16.2 Å². The van der Waals surface area contributed by atoms with Crippen LogP contribution in [-0.2, 0) is 16.1 Å². The first kappa shape index (κ1) is 21.8. The summed E-state index contributed by atoms with van der Waals surface area (Å²) in [5, 5.41) is 13.1. The van der Waals surface area contributed by atoms with Crippen molar-refractivity contribution in [1.29, 1.82) is 0 Å². The van der Waals surface area contributed by atoms with Crippen molar-refractivity contribution in [3.8, 4) is 5.75 Å². The van der Waals surface area contributed by atoms with Crippen LogP contribution in [0.2, 0.25) is 0 Å². The predicted octanol–water partition coefficient (Wildman–Crippen LogP) is 4.80. The lowest BCUT2D eigenvalue weighted by Gasteiger charge is -2.24. The lowest BCUT2D eigenvalue weighted by Crippen LogP contribution is -2.28. The van der Waals surface area contributed by atoms with Gasteiger partial charge in [0.2, 0.25) is 0 Å². The molecule has 2 aromatic heterocycles. The van der Waals surface area contributed by atoms with Crippen LogP contribution in [0, 0.1) is 5.92 Å². The molecule has 1 aromatic carbocycles. The Hall–Kier alpha value is -3.45. The third kappa shape index (κ3) is 4.43. The van der Waals surface area contributed by atoms with Gasteiger partial charge in [0.1, 0.15) is 11.5 Å². The molecule has 0 spiro atoms. The normalized spacial score (nSPS) is 17.8. The van der Waals surface area contributed by atoms with E-state index in [1.54, 1.807) is 48.8 Å². The van der Waals surface area contributed by atoms with Gasteiger partial charge in [0.25, 0.3) is 11.7 Å². The molecule has 0 radical (unpaired) electrons. The fraction of sp³-hybridized carbons (Fsp3) is 0.240. The third-order valence-electron chi connectivity index (χ3n) is 5.15. The van der Waals surface area contributed by atoms with Crippen LogP contribution in [0.4, 0.5) is 0 Å². The monoisotopic (exact) mass is 448 g/mol. The zero-order valence-electron chi connectivity index (χ0n) is 17.9. The van der Waals surface area contributed by atoms with E-state index >= 15 is 0 Å². The molecular formula is C25H24N2O4S. The molecule has 1 atom stereocenters. The van der Waals surface area contributed by atoms with Crippen molar-refractivity contribution in [1.82, 2.24) is 9.88 Å². The van der Waals surface area contributed by atoms with Crippen molar-refractivity contribution in [3.63, 3.8) is 0 Å². The van der Waals surface area contributed by atoms with Crippen LogP contribution in [0.5, 0.6) is 5.75 Å². The first-order valence-electron chi connectivity index (χ1n) is 10.4. The molecule has 3 aromatic rings. The lowest BCUT2D eigenvalue weighted by atomic mass is 9.99. The second kappa shape index (κ2) is 9.36. The Morgan fingerprint density at radius 1 is 1.16 bits per heavy atom. The van der Waals surface area contributed by atoms with E-state index < -0.39 is 17.7 Å². The highest BCUT2D eigenvalue weighted by atomic mass is 32.1. The molecule has 164 valence electrons. The van der Waals surface area contributed by atoms with Gasteiger partial charge >= 0.3 is 0 Å². The van der Waals surface area contributed by atoms with Gasteiger partial charge in [-0.3, -0.25) is 14.6 Å². The minimum atomic E-state index is -0.691. The molecule has 3 heterocycles. The van der Waals surface area contributed by atoms with Crippen molar-refractivity contribution in [2.24, 2.45) is 5.92 Å². The van der Waals surface area contributed by atoms with Crippen LogP contribution < -0.4 is 4.74 Å². The number of hydrogen-bond donors (Lipinski definition) is 1. The Balaban J connectivity index is 1.76. The number of ether oxygens (including phenoxy) is 1. The minimum absolute atomic E-state index is 0.0903.